The maximum atomic E-state index is 13.0. The van der Waals surface area contributed by atoms with Crippen molar-refractivity contribution in [3.05, 3.63) is 89.5 Å². The van der Waals surface area contributed by atoms with Crippen LogP contribution < -0.4 is 14.8 Å². The molecule has 1 amide bonds. The zero-order valence-electron chi connectivity index (χ0n) is 17.8. The molecule has 0 aromatic heterocycles. The summed E-state index contributed by atoms with van der Waals surface area (Å²) in [6.45, 7) is 3.72. The van der Waals surface area contributed by atoms with Crippen LogP contribution in [0.4, 0.5) is 5.69 Å². The van der Waals surface area contributed by atoms with Gasteiger partial charge in [0.15, 0.2) is 0 Å². The number of ether oxygens (including phenoxy) is 1. The molecule has 0 aliphatic heterocycles. The van der Waals surface area contributed by atoms with Crippen LogP contribution in [0.3, 0.4) is 0 Å². The molecule has 6 nitrogen and oxygen atoms in total. The largest absolute Gasteiger partial charge is 0.497 e. The second-order valence-corrected chi connectivity index (χ2v) is 8.79. The number of hydrogen-bond donors (Lipinski definition) is 2. The van der Waals surface area contributed by atoms with Crippen LogP contribution in [0, 0.1) is 6.92 Å². The van der Waals surface area contributed by atoms with Gasteiger partial charge in [0.2, 0.25) is 0 Å². The first kappa shape index (κ1) is 22.4. The number of carbonyl (C=O) groups excluding carboxylic acids is 1. The minimum atomic E-state index is -3.75. The second kappa shape index (κ2) is 9.66. The Bertz CT molecular complexity index is 1140. The lowest BCUT2D eigenvalue weighted by Gasteiger charge is -2.19. The Balaban J connectivity index is 1.82. The van der Waals surface area contributed by atoms with Crippen molar-refractivity contribution in [2.75, 3.05) is 11.8 Å². The highest BCUT2D eigenvalue weighted by atomic mass is 32.2. The molecule has 0 spiro atoms. The van der Waals surface area contributed by atoms with E-state index in [0.717, 1.165) is 11.3 Å². The van der Waals surface area contributed by atoms with Crippen molar-refractivity contribution in [1.82, 2.24) is 5.32 Å². The monoisotopic (exact) mass is 438 g/mol. The van der Waals surface area contributed by atoms with Crippen molar-refractivity contribution in [3.63, 3.8) is 0 Å². The fourth-order valence-electron chi connectivity index (χ4n) is 3.29. The molecule has 0 unspecified atom stereocenters. The van der Waals surface area contributed by atoms with Crippen molar-refractivity contribution in [3.8, 4) is 5.75 Å². The first-order chi connectivity index (χ1) is 14.9. The predicted molar refractivity (Wildman–Crippen MR) is 122 cm³/mol. The minimum Gasteiger partial charge on any atom is -0.497 e. The Morgan fingerprint density at radius 2 is 1.65 bits per heavy atom. The lowest BCUT2D eigenvalue weighted by Crippen LogP contribution is -2.29. The minimum absolute atomic E-state index is 0.162. The predicted octanol–water partition coefficient (Wildman–Crippen LogP) is 4.69. The molecule has 0 radical (unpaired) electrons. The van der Waals surface area contributed by atoms with Gasteiger partial charge in [-0.25, -0.2) is 8.42 Å². The molecule has 0 bridgehead atoms. The van der Waals surface area contributed by atoms with Gasteiger partial charge in [-0.1, -0.05) is 43.3 Å². The summed E-state index contributed by atoms with van der Waals surface area (Å²) in [7, 11) is -2.14. The summed E-state index contributed by atoms with van der Waals surface area (Å²) in [6, 6.07) is 20.5. The molecule has 0 saturated carbocycles. The molecule has 162 valence electrons. The van der Waals surface area contributed by atoms with E-state index in [9.17, 15) is 13.2 Å². The van der Waals surface area contributed by atoms with Gasteiger partial charge >= 0.3 is 0 Å². The van der Waals surface area contributed by atoms with Gasteiger partial charge in [0.1, 0.15) is 5.75 Å². The maximum Gasteiger partial charge on any atom is 0.261 e. The third-order valence-electron chi connectivity index (χ3n) is 5.11. The van der Waals surface area contributed by atoms with Crippen LogP contribution in [-0.2, 0) is 10.0 Å². The fourth-order valence-corrected chi connectivity index (χ4v) is 4.43. The van der Waals surface area contributed by atoms with Crippen molar-refractivity contribution >= 4 is 21.6 Å². The van der Waals surface area contributed by atoms with Gasteiger partial charge in [0.05, 0.1) is 23.7 Å². The van der Waals surface area contributed by atoms with Crippen molar-refractivity contribution in [2.24, 2.45) is 0 Å². The molecule has 0 aliphatic rings. The molecule has 0 saturated heterocycles. The molecule has 3 aromatic rings. The molecule has 3 rings (SSSR count). The molecular formula is C24H26N2O4S. The zero-order chi connectivity index (χ0) is 22.4. The molecule has 3 aromatic carbocycles. The first-order valence-corrected chi connectivity index (χ1v) is 11.5. The summed E-state index contributed by atoms with van der Waals surface area (Å²) in [6.07, 6.45) is 0.706. The van der Waals surface area contributed by atoms with E-state index in [0.29, 0.717) is 23.2 Å². The van der Waals surface area contributed by atoms with Gasteiger partial charge in [0.25, 0.3) is 15.9 Å². The van der Waals surface area contributed by atoms with E-state index < -0.39 is 10.0 Å². The van der Waals surface area contributed by atoms with Crippen LogP contribution in [0.5, 0.6) is 5.75 Å². The molecule has 1 atom stereocenters. The highest BCUT2D eigenvalue weighted by molar-refractivity contribution is 7.92. The number of methoxy groups -OCH3 is 1. The summed E-state index contributed by atoms with van der Waals surface area (Å²) in [5.74, 6) is 0.486. The Labute approximate surface area is 183 Å². The summed E-state index contributed by atoms with van der Waals surface area (Å²) in [5, 5.41) is 3.04. The van der Waals surface area contributed by atoms with Crippen LogP contribution in [-0.4, -0.2) is 21.4 Å². The molecule has 7 heteroatoms. The highest BCUT2D eigenvalue weighted by Gasteiger charge is 2.20. The summed E-state index contributed by atoms with van der Waals surface area (Å²) in [4.78, 5) is 13.2. The summed E-state index contributed by atoms with van der Waals surface area (Å²) < 4.78 is 33.1. The third kappa shape index (κ3) is 5.24. The quantitative estimate of drug-likeness (QED) is 0.535. The normalized spacial score (nSPS) is 12.1. The van der Waals surface area contributed by atoms with E-state index in [-0.39, 0.29) is 16.8 Å². The number of sulfonamides is 1. The van der Waals surface area contributed by atoms with Crippen LogP contribution in [0.2, 0.25) is 0 Å². The lowest BCUT2D eigenvalue weighted by atomic mass is 10.0. The van der Waals surface area contributed by atoms with Gasteiger partial charge < -0.3 is 10.1 Å². The van der Waals surface area contributed by atoms with Gasteiger partial charge in [-0.15, -0.1) is 0 Å². The van der Waals surface area contributed by atoms with Gasteiger partial charge in [-0.2, -0.15) is 0 Å². The number of carbonyl (C=O) groups is 1. The van der Waals surface area contributed by atoms with Gasteiger partial charge in [0, 0.05) is 5.56 Å². The van der Waals surface area contributed by atoms with E-state index in [1.165, 1.54) is 12.1 Å². The molecule has 2 N–H and O–H groups in total. The summed E-state index contributed by atoms with van der Waals surface area (Å²) in [5.41, 5.74) is 2.31. The molecular weight excluding hydrogens is 412 g/mol. The zero-order valence-corrected chi connectivity index (χ0v) is 18.6. The van der Waals surface area contributed by atoms with E-state index in [1.807, 2.05) is 31.2 Å². The third-order valence-corrected chi connectivity index (χ3v) is 6.49. The van der Waals surface area contributed by atoms with E-state index in [1.54, 1.807) is 50.4 Å². The van der Waals surface area contributed by atoms with Crippen molar-refractivity contribution in [1.29, 1.82) is 0 Å². The van der Waals surface area contributed by atoms with Crippen LogP contribution in [0.15, 0.2) is 77.7 Å². The Hall–Kier alpha value is -3.32. The van der Waals surface area contributed by atoms with E-state index in [2.05, 4.69) is 10.0 Å². The maximum absolute atomic E-state index is 13.0. The number of benzene rings is 3. The Kier molecular flexibility index (Phi) is 6.97. The number of rotatable bonds is 8. The van der Waals surface area contributed by atoms with Crippen molar-refractivity contribution in [2.45, 2.75) is 31.2 Å². The van der Waals surface area contributed by atoms with Gasteiger partial charge in [-0.3, -0.25) is 9.52 Å². The van der Waals surface area contributed by atoms with E-state index in [4.69, 9.17) is 4.74 Å². The number of anilines is 1. The Morgan fingerprint density at radius 3 is 2.26 bits per heavy atom. The van der Waals surface area contributed by atoms with Crippen molar-refractivity contribution < 1.29 is 17.9 Å². The lowest BCUT2D eigenvalue weighted by molar-refractivity contribution is 0.0935. The molecule has 0 heterocycles. The van der Waals surface area contributed by atoms with Gasteiger partial charge in [-0.05, 0) is 60.9 Å². The standard InChI is InChI=1S/C24H26N2O4S/c1-4-22(18-13-15-19(30-3)16-14-18)25-24(27)21-11-8-12-23(17(21)2)26-31(28,29)20-9-6-5-7-10-20/h5-16,22,26H,4H2,1-3H3,(H,25,27)/t22-/m0/s1. The number of nitrogens with one attached hydrogen (secondary N) is 2. The Morgan fingerprint density at radius 1 is 0.968 bits per heavy atom. The second-order valence-electron chi connectivity index (χ2n) is 7.10. The smallest absolute Gasteiger partial charge is 0.261 e. The fraction of sp³-hybridized carbons (Fsp3) is 0.208. The molecule has 0 aliphatic carbocycles. The van der Waals surface area contributed by atoms with E-state index >= 15 is 0 Å². The molecule has 0 fully saturated rings. The topological polar surface area (TPSA) is 84.5 Å². The SMILES string of the molecule is CC[C@H](NC(=O)c1cccc(NS(=O)(=O)c2ccccc2)c1C)c1ccc(OC)cc1. The number of hydrogen-bond acceptors (Lipinski definition) is 4. The first-order valence-electron chi connectivity index (χ1n) is 9.98. The van der Waals surface area contributed by atoms with Crippen LogP contribution in [0.25, 0.3) is 0 Å². The highest BCUT2D eigenvalue weighted by Crippen LogP contribution is 2.25. The summed E-state index contributed by atoms with van der Waals surface area (Å²) >= 11 is 0. The van der Waals surface area contributed by atoms with Crippen LogP contribution in [0.1, 0.15) is 40.9 Å². The average molecular weight is 439 g/mol. The molecule has 31 heavy (non-hydrogen) atoms. The van der Waals surface area contributed by atoms with Crippen LogP contribution >= 0.6 is 0 Å². The number of amides is 1. The average Bonchev–Trinajstić information content (AvgIpc) is 2.79.